The van der Waals surface area contributed by atoms with Crippen LogP contribution in [0.5, 0.6) is 0 Å². The number of rotatable bonds is 1. The van der Waals surface area contributed by atoms with Crippen molar-refractivity contribution in [1.29, 1.82) is 5.26 Å². The summed E-state index contributed by atoms with van der Waals surface area (Å²) in [5.74, 6) is 0. The fourth-order valence-corrected chi connectivity index (χ4v) is 0.995. The van der Waals surface area contributed by atoms with E-state index >= 15 is 0 Å². The molecule has 62 valence electrons. The van der Waals surface area contributed by atoms with Gasteiger partial charge in [0.1, 0.15) is 17.3 Å². The topological polar surface area (TPSA) is 65.6 Å². The number of halogens is 2. The Kier molecular flexibility index (Phi) is 2.40. The van der Waals surface area contributed by atoms with E-state index in [1.807, 2.05) is 0 Å². The minimum atomic E-state index is -2.88. The Morgan fingerprint density at radius 2 is 2.17 bits per heavy atom. The molecule has 0 aliphatic carbocycles. The Morgan fingerprint density at radius 3 is 2.58 bits per heavy atom. The Balaban J connectivity index is 3.24. The monoisotopic (exact) mass is 189 g/mol. The first-order valence-electron chi connectivity index (χ1n) is 2.72. The Labute approximate surface area is 69.3 Å². The van der Waals surface area contributed by atoms with Crippen molar-refractivity contribution >= 4 is 16.2 Å². The average Bonchev–Trinajstić information content (AvgIpc) is 2.46. The van der Waals surface area contributed by atoms with E-state index < -0.39 is 22.7 Å². The van der Waals surface area contributed by atoms with E-state index in [1.54, 1.807) is 0 Å². The van der Waals surface area contributed by atoms with Crippen molar-refractivity contribution in [1.82, 2.24) is 0 Å². The first-order chi connectivity index (χ1) is 5.70. The zero-order valence-electron chi connectivity index (χ0n) is 5.49. The van der Waals surface area contributed by atoms with Crippen molar-refractivity contribution in [3.8, 4) is 6.07 Å². The lowest BCUT2D eigenvalue weighted by Gasteiger charge is -1.95. The number of allylic oxidation sites excluding steroid dienone is 1. The summed E-state index contributed by atoms with van der Waals surface area (Å²) >= 11 is -0.195. The van der Waals surface area contributed by atoms with Gasteiger partial charge in [-0.25, -0.2) is 13.0 Å². The number of hydrogen-bond acceptors (Lipinski definition) is 3. The third kappa shape index (κ3) is 1.29. The van der Waals surface area contributed by atoms with Gasteiger partial charge in [0.15, 0.2) is 10.7 Å². The normalized spacial score (nSPS) is 15.7. The molecule has 0 atom stereocenters. The molecule has 1 rings (SSSR count). The first-order valence-corrected chi connectivity index (χ1v) is 3.46. The molecule has 12 heavy (non-hydrogen) atoms. The lowest BCUT2D eigenvalue weighted by molar-refractivity contribution is 0.196. The van der Waals surface area contributed by atoms with Gasteiger partial charge in [-0.3, -0.25) is 0 Å². The molecule has 0 spiro atoms. The number of nitriles is 1. The van der Waals surface area contributed by atoms with E-state index in [-0.39, 0.29) is 11.3 Å². The summed E-state index contributed by atoms with van der Waals surface area (Å²) in [6, 6.07) is 1.43. The zero-order chi connectivity index (χ0) is 9.14. The first kappa shape index (κ1) is 8.67. The highest BCUT2D eigenvalue weighted by atomic mass is 32.1. The highest BCUT2D eigenvalue weighted by molar-refractivity contribution is 7.67. The third-order valence-corrected chi connectivity index (χ3v) is 1.59. The van der Waals surface area contributed by atoms with Gasteiger partial charge < -0.3 is 0 Å². The quantitative estimate of drug-likeness (QED) is 0.573. The molecule has 0 bridgehead atoms. The van der Waals surface area contributed by atoms with Crippen molar-refractivity contribution in [2.75, 3.05) is 0 Å². The highest BCUT2D eigenvalue weighted by Gasteiger charge is 2.27. The van der Waals surface area contributed by atoms with E-state index in [0.29, 0.717) is 0 Å². The van der Waals surface area contributed by atoms with Gasteiger partial charge in [-0.05, 0) is 0 Å². The van der Waals surface area contributed by atoms with Crippen molar-refractivity contribution in [3.05, 3.63) is 11.3 Å². The van der Waals surface area contributed by atoms with Gasteiger partial charge in [0.25, 0.3) is 6.43 Å². The molecule has 0 fully saturated rings. The van der Waals surface area contributed by atoms with Crippen LogP contribution < -0.4 is 0 Å². The van der Waals surface area contributed by atoms with Gasteiger partial charge in [0.2, 0.25) is 0 Å². The van der Waals surface area contributed by atoms with Gasteiger partial charge in [0, 0.05) is 0 Å². The van der Waals surface area contributed by atoms with Crippen molar-refractivity contribution in [2.24, 2.45) is 10.2 Å². The van der Waals surface area contributed by atoms with Crippen molar-refractivity contribution in [2.45, 2.75) is 6.43 Å². The maximum Gasteiger partial charge on any atom is 0.269 e. The fourth-order valence-electron chi connectivity index (χ4n) is 0.645. The van der Waals surface area contributed by atoms with Gasteiger partial charge in [-0.2, -0.15) is 5.26 Å². The van der Waals surface area contributed by atoms with Crippen molar-refractivity contribution < 1.29 is 13.0 Å². The van der Waals surface area contributed by atoms with Gasteiger partial charge in [-0.15, -0.1) is 10.2 Å². The molecular weight excluding hydrogens is 188 g/mol. The Morgan fingerprint density at radius 1 is 1.50 bits per heavy atom. The molecule has 7 heteroatoms. The van der Waals surface area contributed by atoms with Crippen LogP contribution in [0.2, 0.25) is 0 Å². The average molecular weight is 189 g/mol. The van der Waals surface area contributed by atoms with Crippen LogP contribution >= 0.6 is 0 Å². The van der Waals surface area contributed by atoms with Crippen LogP contribution in [0.1, 0.15) is 0 Å². The number of alkyl halides is 2. The molecule has 0 aromatic carbocycles. The second kappa shape index (κ2) is 3.32. The maximum absolute atomic E-state index is 12.1. The SMILES string of the molecule is N#CC1=C(C(F)F)C(=S=O)N=N1. The molecular formula is C5HF2N3OS. The Hall–Kier alpha value is -1.42. The molecule has 0 aromatic heterocycles. The van der Waals surface area contributed by atoms with Crippen LogP contribution in [0, 0.1) is 11.3 Å². The molecule has 0 aromatic rings. The number of hydrogen-bond donors (Lipinski definition) is 0. The van der Waals surface area contributed by atoms with Crippen LogP contribution in [0.15, 0.2) is 21.5 Å². The minimum Gasteiger partial charge on any atom is -0.210 e. The van der Waals surface area contributed by atoms with E-state index in [0.717, 1.165) is 0 Å². The van der Waals surface area contributed by atoms with E-state index in [4.69, 9.17) is 5.26 Å². The van der Waals surface area contributed by atoms with Crippen LogP contribution in [0.3, 0.4) is 0 Å². The fraction of sp³-hybridized carbons (Fsp3) is 0.200. The van der Waals surface area contributed by atoms with Gasteiger partial charge >= 0.3 is 0 Å². The predicted molar refractivity (Wildman–Crippen MR) is 36.6 cm³/mol. The Bertz CT molecular complexity index is 361. The lowest BCUT2D eigenvalue weighted by atomic mass is 10.2. The molecule has 1 aliphatic heterocycles. The third-order valence-electron chi connectivity index (χ3n) is 1.13. The zero-order valence-corrected chi connectivity index (χ0v) is 6.31. The molecule has 0 saturated carbocycles. The summed E-state index contributed by atoms with van der Waals surface area (Å²) in [6.45, 7) is 0. The smallest absolute Gasteiger partial charge is 0.210 e. The number of azo groups is 1. The van der Waals surface area contributed by atoms with Gasteiger partial charge in [0.05, 0.1) is 5.57 Å². The summed E-state index contributed by atoms with van der Waals surface area (Å²) in [5, 5.41) is 14.5. The van der Waals surface area contributed by atoms with Crippen LogP contribution in [-0.4, -0.2) is 15.6 Å². The van der Waals surface area contributed by atoms with E-state index in [2.05, 4.69) is 10.2 Å². The molecule has 4 nitrogen and oxygen atoms in total. The molecule has 0 saturated heterocycles. The molecule has 1 heterocycles. The standard InChI is InChI=1S/C5HF2N3OS/c6-4(7)3-2(1-8)9-10-5(3)12-11/h4H. The van der Waals surface area contributed by atoms with Crippen molar-refractivity contribution in [3.63, 3.8) is 0 Å². The van der Waals surface area contributed by atoms with Crippen LogP contribution in [-0.2, 0) is 11.3 Å². The summed E-state index contributed by atoms with van der Waals surface area (Å²) in [7, 11) is 0. The summed E-state index contributed by atoms with van der Waals surface area (Å²) < 4.78 is 34.4. The summed E-state index contributed by atoms with van der Waals surface area (Å²) in [4.78, 5) is -0.429. The van der Waals surface area contributed by atoms with Crippen LogP contribution in [0.4, 0.5) is 8.78 Å². The molecule has 0 radical (unpaired) electrons. The van der Waals surface area contributed by atoms with E-state index in [9.17, 15) is 13.0 Å². The maximum atomic E-state index is 12.1. The minimum absolute atomic E-state index is 0.195. The largest absolute Gasteiger partial charge is 0.269 e. The molecule has 0 amide bonds. The summed E-state index contributed by atoms with van der Waals surface area (Å²) in [5.41, 5.74) is -1.15. The second-order valence-electron chi connectivity index (χ2n) is 1.76. The number of nitrogens with zero attached hydrogens (tertiary/aromatic N) is 3. The predicted octanol–water partition coefficient (Wildman–Crippen LogP) is 0.838. The molecule has 0 N–H and O–H groups in total. The highest BCUT2D eigenvalue weighted by Crippen LogP contribution is 2.22. The molecule has 0 unspecified atom stereocenters. The molecule has 1 aliphatic rings. The van der Waals surface area contributed by atoms with E-state index in [1.165, 1.54) is 6.07 Å². The lowest BCUT2D eigenvalue weighted by Crippen LogP contribution is -2.06. The second-order valence-corrected chi connectivity index (χ2v) is 2.32. The van der Waals surface area contributed by atoms with Crippen LogP contribution in [0.25, 0.3) is 0 Å². The van der Waals surface area contributed by atoms with Gasteiger partial charge in [-0.1, -0.05) is 0 Å². The summed E-state index contributed by atoms with van der Waals surface area (Å²) in [6.07, 6.45) is -2.88.